The van der Waals surface area contributed by atoms with Crippen molar-refractivity contribution >= 4 is 29.1 Å². The molecule has 0 bridgehead atoms. The molecule has 2 N–H and O–H groups in total. The van der Waals surface area contributed by atoms with Crippen LogP contribution in [-0.2, 0) is 11.2 Å². The smallest absolute Gasteiger partial charge is 0.411 e. The van der Waals surface area contributed by atoms with Gasteiger partial charge in [0, 0.05) is 22.9 Å². The molecule has 2 aromatic rings. The lowest BCUT2D eigenvalue weighted by atomic mass is 10.1. The van der Waals surface area contributed by atoms with E-state index >= 15 is 0 Å². The summed E-state index contributed by atoms with van der Waals surface area (Å²) in [5.74, 6) is 0. The summed E-state index contributed by atoms with van der Waals surface area (Å²) < 4.78 is 4.53. The number of rotatable bonds is 5. The second-order valence-electron chi connectivity index (χ2n) is 4.50. The van der Waals surface area contributed by atoms with E-state index in [9.17, 15) is 4.79 Å². The Hall–Kier alpha value is -2.20. The zero-order chi connectivity index (χ0) is 15.1. The molecular formula is C16H17ClN2O2. The first-order valence-corrected chi connectivity index (χ1v) is 6.98. The van der Waals surface area contributed by atoms with Crippen LogP contribution < -0.4 is 10.6 Å². The second kappa shape index (κ2) is 7.55. The summed E-state index contributed by atoms with van der Waals surface area (Å²) in [5.41, 5.74) is 2.88. The summed E-state index contributed by atoms with van der Waals surface area (Å²) in [5, 5.41) is 6.68. The predicted molar refractivity (Wildman–Crippen MR) is 86.1 cm³/mol. The van der Waals surface area contributed by atoms with Crippen molar-refractivity contribution in [3.63, 3.8) is 0 Å². The summed E-state index contributed by atoms with van der Waals surface area (Å²) >= 11 is 5.95. The van der Waals surface area contributed by atoms with E-state index in [1.165, 1.54) is 12.7 Å². The zero-order valence-corrected chi connectivity index (χ0v) is 12.5. The van der Waals surface area contributed by atoms with Crippen LogP contribution in [-0.4, -0.2) is 19.7 Å². The highest BCUT2D eigenvalue weighted by atomic mass is 35.5. The molecule has 2 aromatic carbocycles. The number of benzene rings is 2. The standard InChI is InChI=1S/C16H17ClN2O2/c1-21-16(20)19-15-7-5-14(6-8-15)18-10-9-12-3-2-4-13(17)11-12/h2-8,11,18H,9-10H2,1H3,(H,19,20). The number of methoxy groups -OCH3 is 1. The summed E-state index contributed by atoms with van der Waals surface area (Å²) in [6, 6.07) is 15.3. The van der Waals surface area contributed by atoms with Crippen molar-refractivity contribution in [1.29, 1.82) is 0 Å². The van der Waals surface area contributed by atoms with Crippen LogP contribution >= 0.6 is 11.6 Å². The van der Waals surface area contributed by atoms with Crippen molar-refractivity contribution < 1.29 is 9.53 Å². The summed E-state index contributed by atoms with van der Waals surface area (Å²) in [6.07, 6.45) is 0.416. The molecule has 4 nitrogen and oxygen atoms in total. The van der Waals surface area contributed by atoms with Gasteiger partial charge in [0.05, 0.1) is 7.11 Å². The minimum atomic E-state index is -0.475. The van der Waals surface area contributed by atoms with E-state index in [2.05, 4.69) is 21.4 Å². The van der Waals surface area contributed by atoms with Gasteiger partial charge in [-0.2, -0.15) is 0 Å². The third-order valence-corrected chi connectivity index (χ3v) is 3.18. The van der Waals surface area contributed by atoms with Crippen LogP contribution in [0.25, 0.3) is 0 Å². The zero-order valence-electron chi connectivity index (χ0n) is 11.7. The van der Waals surface area contributed by atoms with E-state index in [0.717, 1.165) is 23.7 Å². The predicted octanol–water partition coefficient (Wildman–Crippen LogP) is 4.17. The van der Waals surface area contributed by atoms with Gasteiger partial charge in [-0.15, -0.1) is 0 Å². The van der Waals surface area contributed by atoms with Gasteiger partial charge in [0.2, 0.25) is 0 Å². The maximum atomic E-state index is 11.1. The van der Waals surface area contributed by atoms with Crippen molar-refractivity contribution in [1.82, 2.24) is 0 Å². The lowest BCUT2D eigenvalue weighted by Crippen LogP contribution is -2.11. The Morgan fingerprint density at radius 1 is 1.14 bits per heavy atom. The third-order valence-electron chi connectivity index (χ3n) is 2.95. The van der Waals surface area contributed by atoms with Gasteiger partial charge in [0.15, 0.2) is 0 Å². The van der Waals surface area contributed by atoms with E-state index < -0.39 is 6.09 Å². The molecule has 110 valence electrons. The molecule has 1 amide bonds. The molecule has 21 heavy (non-hydrogen) atoms. The number of nitrogens with one attached hydrogen (secondary N) is 2. The molecule has 0 aliphatic rings. The molecule has 0 aliphatic heterocycles. The highest BCUT2D eigenvalue weighted by Gasteiger charge is 2.00. The summed E-state index contributed by atoms with van der Waals surface area (Å²) in [7, 11) is 1.33. The van der Waals surface area contributed by atoms with Crippen molar-refractivity contribution in [3.8, 4) is 0 Å². The van der Waals surface area contributed by atoms with Gasteiger partial charge >= 0.3 is 6.09 Å². The number of hydrogen-bond donors (Lipinski definition) is 2. The summed E-state index contributed by atoms with van der Waals surface area (Å²) in [6.45, 7) is 0.810. The second-order valence-corrected chi connectivity index (χ2v) is 4.94. The van der Waals surface area contributed by atoms with Crippen LogP contribution in [0.2, 0.25) is 5.02 Å². The number of anilines is 2. The largest absolute Gasteiger partial charge is 0.453 e. The molecule has 0 saturated heterocycles. The number of carbonyl (C=O) groups is 1. The first-order chi connectivity index (χ1) is 10.2. The van der Waals surface area contributed by atoms with E-state index in [4.69, 9.17) is 11.6 Å². The summed E-state index contributed by atoms with van der Waals surface area (Å²) in [4.78, 5) is 11.1. The number of hydrogen-bond acceptors (Lipinski definition) is 3. The van der Waals surface area contributed by atoms with Crippen LogP contribution in [0.5, 0.6) is 0 Å². The molecule has 5 heteroatoms. The number of ether oxygens (including phenoxy) is 1. The van der Waals surface area contributed by atoms with Crippen molar-refractivity contribution in [3.05, 3.63) is 59.1 Å². The molecule has 0 aromatic heterocycles. The molecule has 0 saturated carbocycles. The van der Waals surface area contributed by atoms with Crippen molar-refractivity contribution in [2.45, 2.75) is 6.42 Å². The molecule has 0 spiro atoms. The fraction of sp³-hybridized carbons (Fsp3) is 0.188. The molecule has 0 fully saturated rings. The van der Waals surface area contributed by atoms with Crippen LogP contribution in [0.15, 0.2) is 48.5 Å². The molecule has 2 rings (SSSR count). The van der Waals surface area contributed by atoms with Gasteiger partial charge < -0.3 is 10.1 Å². The molecule has 0 radical (unpaired) electrons. The van der Waals surface area contributed by atoms with E-state index in [0.29, 0.717) is 5.69 Å². The maximum absolute atomic E-state index is 11.1. The first-order valence-electron chi connectivity index (χ1n) is 6.61. The molecular weight excluding hydrogens is 288 g/mol. The van der Waals surface area contributed by atoms with Crippen LogP contribution in [0.1, 0.15) is 5.56 Å². The van der Waals surface area contributed by atoms with Gasteiger partial charge in [0.1, 0.15) is 0 Å². The van der Waals surface area contributed by atoms with Gasteiger partial charge in [-0.25, -0.2) is 4.79 Å². The Bertz CT molecular complexity index is 599. The van der Waals surface area contributed by atoms with Crippen LogP contribution in [0.3, 0.4) is 0 Å². The maximum Gasteiger partial charge on any atom is 0.411 e. The van der Waals surface area contributed by atoms with Crippen LogP contribution in [0, 0.1) is 0 Å². The monoisotopic (exact) mass is 304 g/mol. The Morgan fingerprint density at radius 3 is 2.52 bits per heavy atom. The Balaban J connectivity index is 1.82. The lowest BCUT2D eigenvalue weighted by molar-refractivity contribution is 0.187. The molecule has 0 unspecified atom stereocenters. The fourth-order valence-corrected chi connectivity index (χ4v) is 2.10. The highest BCUT2D eigenvalue weighted by Crippen LogP contribution is 2.15. The molecule has 0 atom stereocenters. The Kier molecular flexibility index (Phi) is 5.46. The van der Waals surface area contributed by atoms with Gasteiger partial charge in [0.25, 0.3) is 0 Å². The minimum Gasteiger partial charge on any atom is -0.453 e. The molecule has 0 heterocycles. The van der Waals surface area contributed by atoms with Gasteiger partial charge in [-0.1, -0.05) is 23.7 Å². The van der Waals surface area contributed by atoms with Crippen LogP contribution in [0.4, 0.5) is 16.2 Å². The average Bonchev–Trinajstić information content (AvgIpc) is 2.49. The number of halogens is 1. The number of amides is 1. The first kappa shape index (κ1) is 15.2. The SMILES string of the molecule is COC(=O)Nc1ccc(NCCc2cccc(Cl)c2)cc1. The van der Waals surface area contributed by atoms with Crippen molar-refractivity contribution in [2.24, 2.45) is 0 Å². The fourth-order valence-electron chi connectivity index (χ4n) is 1.88. The Labute approximate surface area is 129 Å². The highest BCUT2D eigenvalue weighted by molar-refractivity contribution is 6.30. The van der Waals surface area contributed by atoms with E-state index in [-0.39, 0.29) is 0 Å². The van der Waals surface area contributed by atoms with E-state index in [1.807, 2.05) is 42.5 Å². The average molecular weight is 305 g/mol. The van der Waals surface area contributed by atoms with Crippen molar-refractivity contribution in [2.75, 3.05) is 24.3 Å². The quantitative estimate of drug-likeness (QED) is 0.871. The van der Waals surface area contributed by atoms with Gasteiger partial charge in [-0.05, 0) is 48.4 Å². The lowest BCUT2D eigenvalue weighted by Gasteiger charge is -2.08. The van der Waals surface area contributed by atoms with E-state index in [1.54, 1.807) is 0 Å². The Morgan fingerprint density at radius 2 is 1.86 bits per heavy atom. The topological polar surface area (TPSA) is 50.4 Å². The third kappa shape index (κ3) is 5.00. The molecule has 0 aliphatic carbocycles. The van der Waals surface area contributed by atoms with Gasteiger partial charge in [-0.3, -0.25) is 5.32 Å². The minimum absolute atomic E-state index is 0.475. The normalized spacial score (nSPS) is 10.0. The number of carbonyl (C=O) groups excluding carboxylic acids is 1.